The molecule has 1 aliphatic carbocycles. The van der Waals surface area contributed by atoms with Gasteiger partial charge in [0.05, 0.1) is 43.8 Å². The molecular weight excluding hydrogens is 1770 g/mol. The van der Waals surface area contributed by atoms with E-state index in [2.05, 4.69) is 42.5 Å². The highest BCUT2D eigenvalue weighted by molar-refractivity contribution is 7.80. The highest BCUT2D eigenvalue weighted by atomic mass is 32.1. The van der Waals surface area contributed by atoms with E-state index < -0.39 is 115 Å². The number of fused-ring (bicyclic) bond motifs is 2. The molecule has 7 rings (SSSR count). The molecule has 0 radical (unpaired) electrons. The Balaban J connectivity index is 0.908. The molecule has 1 saturated heterocycles. The van der Waals surface area contributed by atoms with Crippen molar-refractivity contribution in [2.24, 2.45) is 0 Å². The molecule has 40 nitrogen and oxygen atoms in total. The number of carboxylic acid groups (broad SMARTS) is 8. The molecule has 5 aromatic carbocycles. The fourth-order valence-corrected chi connectivity index (χ4v) is 15.9. The molecule has 8 amide bonds. The van der Waals surface area contributed by atoms with Gasteiger partial charge in [0, 0.05) is 192 Å². The van der Waals surface area contributed by atoms with Crippen LogP contribution in [-0.2, 0) is 75.2 Å². The van der Waals surface area contributed by atoms with Crippen LogP contribution in [0.25, 0.3) is 0 Å². The summed E-state index contributed by atoms with van der Waals surface area (Å²) in [7, 11) is 0. The fourth-order valence-electron chi connectivity index (χ4n) is 15.7. The highest BCUT2D eigenvalue weighted by Gasteiger charge is 2.33. The van der Waals surface area contributed by atoms with E-state index in [-0.39, 0.29) is 234 Å². The van der Waals surface area contributed by atoms with Gasteiger partial charge in [0.2, 0.25) is 35.4 Å². The predicted octanol–water partition coefficient (Wildman–Crippen LogP) is 2.45. The lowest BCUT2D eigenvalue weighted by atomic mass is 9.73. The lowest BCUT2D eigenvalue weighted by molar-refractivity contribution is -0.308. The second-order valence-corrected chi connectivity index (χ2v) is 33.5. The number of aliphatic carboxylic acids is 7. The number of phenols is 1. The first-order valence-electron chi connectivity index (χ1n) is 44.8. The Morgan fingerprint density at radius 3 is 1.44 bits per heavy atom. The number of phenolic OH excluding ortho intramolecular Hbond substituents is 1. The van der Waals surface area contributed by atoms with Gasteiger partial charge in [0.15, 0.2) is 0 Å². The van der Waals surface area contributed by atoms with Crippen molar-refractivity contribution >= 4 is 118 Å². The Morgan fingerprint density at radius 1 is 0.440 bits per heavy atom. The summed E-state index contributed by atoms with van der Waals surface area (Å²) in [5.41, 5.74) is 5.36. The summed E-state index contributed by atoms with van der Waals surface area (Å²) in [6.45, 7) is 1.51. The number of unbranched alkanes of at least 4 members (excludes halogenated alkanes) is 6. The Labute approximate surface area is 780 Å². The van der Waals surface area contributed by atoms with Crippen LogP contribution < -0.4 is 58.1 Å². The van der Waals surface area contributed by atoms with Crippen molar-refractivity contribution in [3.8, 4) is 11.5 Å². The number of carbonyl (C=O) groups is 15. The van der Waals surface area contributed by atoms with Crippen molar-refractivity contribution in [1.82, 2.24) is 66.6 Å². The quantitative estimate of drug-likeness (QED) is 0.0193. The number of hydrogen-bond donors (Lipinski definition) is 17. The molecule has 0 spiro atoms. The van der Waals surface area contributed by atoms with Crippen LogP contribution >= 0.6 is 12.2 Å². The zero-order chi connectivity index (χ0) is 97.6. The van der Waals surface area contributed by atoms with Gasteiger partial charge in [0.1, 0.15) is 22.6 Å². The molecule has 5 aromatic rings. The van der Waals surface area contributed by atoms with Crippen molar-refractivity contribution in [1.29, 1.82) is 0 Å². The van der Waals surface area contributed by atoms with Crippen LogP contribution in [-0.4, -0.2) is 327 Å². The van der Waals surface area contributed by atoms with Crippen molar-refractivity contribution in [3.63, 3.8) is 0 Å². The Morgan fingerprint density at radius 2 is 0.896 bits per heavy atom. The molecule has 1 fully saturated rings. The van der Waals surface area contributed by atoms with Gasteiger partial charge in [0.25, 0.3) is 0 Å². The van der Waals surface area contributed by atoms with Gasteiger partial charge < -0.3 is 114 Å². The third kappa shape index (κ3) is 41.1. The number of aromatic hydroxyl groups is 1. The van der Waals surface area contributed by atoms with E-state index in [0.717, 1.165) is 22.3 Å². The standard InChI is InChI=1S/C92H124FN15O25S/c93-64-16-20-66(21-17-64)100-81(116)32-41-104(39-30-77(112)95-33-7-2-1-4-12-80(115)99-65-18-13-60(14-19-65)50-67-55-107(58-85(123)124)47-46-105(56-83(119)120)44-45-106(57-84(121)122)48-49-108(67)59-86(125)126)43-42-103(38-29-78(113)96-34-8-3-5-11-76(111)94-35-9-6-10-74(90(129)130)101-92(133)102-75(91(131)132)27-28-82(117)118)40-31-79(114)97-36-37-98-88(134)61-15-24-72(73(54-61)89(127)128)87-70-25-22-68(109)52-62(70)51-63-53-69(110)23-26-71(63)87/h13-26,52-54,67,74-75,87,109-110H,1-12,27-51,55-59H2,(H,94,111)(H,95,112)(H,96,113)(H,97,114)(H,98,134)(H,99,115)(H,100,116)(H,117,118)(H,119,120)(H,121,122)(H,123,124)(H,125,126)(H,127,128)(H,129,130)(H,131,132)(H2,101,102,133)/p-2. The first-order valence-corrected chi connectivity index (χ1v) is 45.2. The zero-order valence-corrected chi connectivity index (χ0v) is 75.6. The SMILES string of the molecule is O=C(O)CCC(NC(=O)NC(CCCCNC(=O)CCCCCNC(=O)CCN(CCC(=O)NCCNC(=S)c1ccc(C2c3ccc([O-])cc3Cc3cc(O)ccc32)c(C(=O)O)c1)CCN(CCC(=O)NCCCCCCC(=O)Nc1ccc(CC2CN(CC(=O)O)CCN(CC(=O)O)CCN(CC(=O)O)CCN2CC(=O)O)cc1)CCC(=O)Nc1ccc(F)cc1)C(=O)[O-])C(=O)O. The fraction of sp³-hybridized carbons (Fsp3) is 0.500. The number of rotatable bonds is 58. The molecule has 730 valence electrons. The molecule has 1 heterocycles. The number of aromatic carboxylic acids is 1. The highest BCUT2D eigenvalue weighted by Crippen LogP contribution is 2.44. The number of halogens is 1. The van der Waals surface area contributed by atoms with Crippen LogP contribution in [0, 0.1) is 5.82 Å². The largest absolute Gasteiger partial charge is 0.872 e. The topological polar surface area (TPSA) is 592 Å². The number of nitrogens with one attached hydrogen (secondary N) is 9. The summed E-state index contributed by atoms with van der Waals surface area (Å²) < 4.78 is 13.8. The van der Waals surface area contributed by atoms with E-state index in [0.29, 0.717) is 92.4 Å². The van der Waals surface area contributed by atoms with Gasteiger partial charge in [-0.1, -0.05) is 80.0 Å². The maximum absolute atomic E-state index is 13.8. The second kappa shape index (κ2) is 57.5. The average molecular weight is 1890 g/mol. The van der Waals surface area contributed by atoms with Gasteiger partial charge in [-0.25, -0.2) is 18.8 Å². The van der Waals surface area contributed by atoms with Gasteiger partial charge in [-0.2, -0.15) is 0 Å². The number of amides is 8. The molecule has 0 saturated carbocycles. The second-order valence-electron chi connectivity index (χ2n) is 33.1. The normalized spacial score (nSPS) is 14.8. The summed E-state index contributed by atoms with van der Waals surface area (Å²) in [5.74, 6) is -13.3. The Bertz CT molecular complexity index is 4770. The molecule has 17 N–H and O–H groups in total. The summed E-state index contributed by atoms with van der Waals surface area (Å²) in [4.78, 5) is 198. The van der Waals surface area contributed by atoms with Crippen LogP contribution in [0.1, 0.15) is 171 Å². The van der Waals surface area contributed by atoms with Crippen molar-refractivity contribution in [2.75, 3.05) is 155 Å². The third-order valence-corrected chi connectivity index (χ3v) is 23.1. The Hall–Kier alpha value is -12.9. The smallest absolute Gasteiger partial charge is 0.336 e. The molecule has 2 aliphatic rings. The zero-order valence-electron chi connectivity index (χ0n) is 74.8. The maximum atomic E-state index is 13.8. The first-order chi connectivity index (χ1) is 64.0. The van der Waals surface area contributed by atoms with E-state index in [9.17, 15) is 122 Å². The molecule has 0 bridgehead atoms. The monoisotopic (exact) mass is 1890 g/mol. The number of benzene rings is 5. The van der Waals surface area contributed by atoms with Crippen LogP contribution in [0.4, 0.5) is 20.6 Å². The Kier molecular flexibility index (Phi) is 46.4. The lowest BCUT2D eigenvalue weighted by Crippen LogP contribution is -2.54. The van der Waals surface area contributed by atoms with Crippen LogP contribution in [0.15, 0.2) is 103 Å². The van der Waals surface area contributed by atoms with Crippen LogP contribution in [0.3, 0.4) is 0 Å². The number of urea groups is 1. The number of anilines is 2. The van der Waals surface area contributed by atoms with E-state index in [4.69, 9.17) is 17.3 Å². The number of carbonyl (C=O) groups excluding carboxylic acids is 8. The molecule has 134 heavy (non-hydrogen) atoms. The molecule has 42 heteroatoms. The summed E-state index contributed by atoms with van der Waals surface area (Å²) in [6.07, 6.45) is 4.23. The average Bonchev–Trinajstić information content (AvgIpc) is 0.745. The van der Waals surface area contributed by atoms with E-state index in [1.807, 2.05) is 15.1 Å². The molecular formula is C92H122FN15O25S-2. The first kappa shape index (κ1) is 108. The van der Waals surface area contributed by atoms with Crippen LogP contribution in [0.5, 0.6) is 11.5 Å². The van der Waals surface area contributed by atoms with Crippen molar-refractivity contribution in [3.05, 3.63) is 153 Å². The summed E-state index contributed by atoms with van der Waals surface area (Å²) in [6, 6.07) is 21.7. The van der Waals surface area contributed by atoms with Crippen LogP contribution in [0.2, 0.25) is 0 Å². The third-order valence-electron chi connectivity index (χ3n) is 22.7. The van der Waals surface area contributed by atoms with Gasteiger partial charge in [-0.05, 0) is 152 Å². The minimum absolute atomic E-state index is 0.00559. The number of hydrogen-bond acceptors (Lipinski definition) is 25. The summed E-state index contributed by atoms with van der Waals surface area (Å²) >= 11 is 5.73. The molecule has 4 unspecified atom stereocenters. The minimum atomic E-state index is -1.64. The number of carboxylic acids is 8. The van der Waals surface area contributed by atoms with E-state index in [1.165, 1.54) is 48.5 Å². The lowest BCUT2D eigenvalue weighted by Gasteiger charge is -2.37. The maximum Gasteiger partial charge on any atom is 0.336 e. The molecule has 1 aliphatic heterocycles. The van der Waals surface area contributed by atoms with Gasteiger partial charge >= 0.3 is 47.8 Å². The predicted molar refractivity (Wildman–Crippen MR) is 487 cm³/mol. The van der Waals surface area contributed by atoms with Crippen molar-refractivity contribution in [2.45, 2.75) is 152 Å². The molecule has 4 atom stereocenters. The minimum Gasteiger partial charge on any atom is -0.872 e. The number of nitrogens with zero attached hydrogens (tertiary/aromatic N) is 6. The van der Waals surface area contributed by atoms with Crippen molar-refractivity contribution < 1.29 is 127 Å². The summed E-state index contributed by atoms with van der Waals surface area (Å²) in [5, 5.41) is 127. The molecule has 0 aromatic heterocycles. The van der Waals surface area contributed by atoms with Gasteiger partial charge in [-0.3, -0.25) is 72.3 Å². The van der Waals surface area contributed by atoms with E-state index >= 15 is 0 Å². The van der Waals surface area contributed by atoms with E-state index in [1.54, 1.807) is 74.2 Å². The number of thiocarbonyl (C=S) groups is 1. The van der Waals surface area contributed by atoms with Gasteiger partial charge in [-0.15, -0.1) is 5.75 Å².